The maximum absolute atomic E-state index is 12.8. The lowest BCUT2D eigenvalue weighted by molar-refractivity contribution is 0.629. The molecule has 0 aliphatic heterocycles. The molecule has 0 saturated heterocycles. The number of aryl methyl sites for hydroxylation is 1. The Labute approximate surface area is 136 Å². The molecular weight excluding hydrogens is 286 g/mol. The molecule has 3 rings (SSSR count). The summed E-state index contributed by atoms with van der Waals surface area (Å²) >= 11 is 0. The Morgan fingerprint density at radius 2 is 1.91 bits per heavy atom. The molecule has 2 aromatic heterocycles. The number of aromatic amines is 1. The molecule has 4 nitrogen and oxygen atoms in total. The van der Waals surface area contributed by atoms with Gasteiger partial charge in [0.15, 0.2) is 5.65 Å². The Balaban J connectivity index is 2.37. The van der Waals surface area contributed by atoms with E-state index < -0.39 is 0 Å². The fourth-order valence-corrected chi connectivity index (χ4v) is 3.13. The first kappa shape index (κ1) is 15.5. The van der Waals surface area contributed by atoms with Crippen molar-refractivity contribution in [1.82, 2.24) is 14.6 Å². The van der Waals surface area contributed by atoms with Gasteiger partial charge in [-0.25, -0.2) is 9.50 Å². The van der Waals surface area contributed by atoms with Crippen LogP contribution < -0.4 is 5.56 Å². The summed E-state index contributed by atoms with van der Waals surface area (Å²) < 4.78 is 1.62. The second-order valence-corrected chi connectivity index (χ2v) is 6.42. The Hall–Kier alpha value is -2.36. The highest BCUT2D eigenvalue weighted by Gasteiger charge is 2.19. The standard InChI is InChI=1S/C19H23N3O/c1-5-15-13(4)20-18-17(14-9-7-6-8-10-14)16(11-12(2)3)21-22(18)19(15)23/h6-10,12,21H,5,11H2,1-4H3. The van der Waals surface area contributed by atoms with Crippen LogP contribution in [0.5, 0.6) is 0 Å². The molecule has 0 aliphatic rings. The molecule has 0 fully saturated rings. The van der Waals surface area contributed by atoms with Gasteiger partial charge in [0.1, 0.15) is 0 Å². The average Bonchev–Trinajstić information content (AvgIpc) is 2.86. The monoisotopic (exact) mass is 309 g/mol. The predicted octanol–water partition coefficient (Wildman–Crippen LogP) is 3.76. The topological polar surface area (TPSA) is 50.2 Å². The molecule has 0 amide bonds. The van der Waals surface area contributed by atoms with Crippen LogP contribution in [0.1, 0.15) is 37.7 Å². The summed E-state index contributed by atoms with van der Waals surface area (Å²) in [6, 6.07) is 10.2. The maximum Gasteiger partial charge on any atom is 0.276 e. The van der Waals surface area contributed by atoms with Crippen LogP contribution in [-0.2, 0) is 12.8 Å². The smallest absolute Gasteiger partial charge is 0.276 e. The zero-order chi connectivity index (χ0) is 16.6. The summed E-state index contributed by atoms with van der Waals surface area (Å²) in [7, 11) is 0. The van der Waals surface area contributed by atoms with E-state index in [-0.39, 0.29) is 5.56 Å². The molecule has 0 saturated carbocycles. The van der Waals surface area contributed by atoms with Gasteiger partial charge < -0.3 is 0 Å². The Morgan fingerprint density at radius 1 is 1.22 bits per heavy atom. The summed E-state index contributed by atoms with van der Waals surface area (Å²) in [4.78, 5) is 17.5. The van der Waals surface area contributed by atoms with Gasteiger partial charge in [0, 0.05) is 22.5 Å². The highest BCUT2D eigenvalue weighted by molar-refractivity contribution is 5.80. The highest BCUT2D eigenvalue weighted by Crippen LogP contribution is 2.28. The van der Waals surface area contributed by atoms with E-state index in [1.54, 1.807) is 4.52 Å². The molecule has 0 atom stereocenters. The minimum absolute atomic E-state index is 0.0159. The number of H-pyrrole nitrogens is 1. The van der Waals surface area contributed by atoms with Gasteiger partial charge in [-0.15, -0.1) is 0 Å². The molecule has 120 valence electrons. The summed E-state index contributed by atoms with van der Waals surface area (Å²) in [5, 5.41) is 3.31. The highest BCUT2D eigenvalue weighted by atomic mass is 16.1. The second kappa shape index (κ2) is 6.03. The summed E-state index contributed by atoms with van der Waals surface area (Å²) in [6.45, 7) is 8.27. The van der Waals surface area contributed by atoms with Crippen LogP contribution in [0.4, 0.5) is 0 Å². The summed E-state index contributed by atoms with van der Waals surface area (Å²) in [5.41, 5.74) is 5.56. The van der Waals surface area contributed by atoms with Gasteiger partial charge in [0.05, 0.1) is 0 Å². The molecule has 23 heavy (non-hydrogen) atoms. The molecule has 0 bridgehead atoms. The van der Waals surface area contributed by atoms with E-state index >= 15 is 0 Å². The predicted molar refractivity (Wildman–Crippen MR) is 93.9 cm³/mol. The molecule has 1 aromatic carbocycles. The minimum Gasteiger partial charge on any atom is -0.293 e. The van der Waals surface area contributed by atoms with Crippen LogP contribution in [0.2, 0.25) is 0 Å². The van der Waals surface area contributed by atoms with Crippen LogP contribution in [0.15, 0.2) is 35.1 Å². The molecule has 1 N–H and O–H groups in total. The lowest BCUT2D eigenvalue weighted by atomic mass is 10.00. The number of nitrogens with one attached hydrogen (secondary N) is 1. The molecular formula is C19H23N3O. The van der Waals surface area contributed by atoms with E-state index in [4.69, 9.17) is 4.98 Å². The zero-order valence-electron chi connectivity index (χ0n) is 14.2. The number of rotatable bonds is 4. The van der Waals surface area contributed by atoms with Gasteiger partial charge in [-0.2, -0.15) is 0 Å². The summed E-state index contributed by atoms with van der Waals surface area (Å²) in [5.74, 6) is 0.493. The van der Waals surface area contributed by atoms with Crippen molar-refractivity contribution in [2.24, 2.45) is 5.92 Å². The van der Waals surface area contributed by atoms with Gasteiger partial charge in [0.25, 0.3) is 5.56 Å². The Kier molecular flexibility index (Phi) is 4.07. The quantitative estimate of drug-likeness (QED) is 0.798. The SMILES string of the molecule is CCc1c(C)nc2c(-c3ccccc3)c(CC(C)C)[nH]n2c1=O. The van der Waals surface area contributed by atoms with Crippen LogP contribution in [0.3, 0.4) is 0 Å². The van der Waals surface area contributed by atoms with Gasteiger partial charge in [0.2, 0.25) is 0 Å². The molecule has 3 aromatic rings. The van der Waals surface area contributed by atoms with Gasteiger partial charge in [-0.1, -0.05) is 51.1 Å². The molecule has 4 heteroatoms. The lowest BCUT2D eigenvalue weighted by Crippen LogP contribution is -2.21. The Bertz CT molecular complexity index is 888. The van der Waals surface area contributed by atoms with E-state index in [2.05, 4.69) is 31.1 Å². The fourth-order valence-electron chi connectivity index (χ4n) is 3.13. The van der Waals surface area contributed by atoms with Crippen molar-refractivity contribution in [2.45, 2.75) is 40.5 Å². The van der Waals surface area contributed by atoms with E-state index in [0.717, 1.165) is 40.1 Å². The fraction of sp³-hybridized carbons (Fsp3) is 0.368. The molecule has 0 aliphatic carbocycles. The van der Waals surface area contributed by atoms with E-state index in [9.17, 15) is 4.79 Å². The molecule has 0 unspecified atom stereocenters. The second-order valence-electron chi connectivity index (χ2n) is 6.42. The van der Waals surface area contributed by atoms with Crippen LogP contribution in [0.25, 0.3) is 16.8 Å². The van der Waals surface area contributed by atoms with Gasteiger partial charge >= 0.3 is 0 Å². The largest absolute Gasteiger partial charge is 0.293 e. The summed E-state index contributed by atoms with van der Waals surface area (Å²) in [6.07, 6.45) is 1.58. The number of hydrogen-bond acceptors (Lipinski definition) is 2. The maximum atomic E-state index is 12.8. The third-order valence-corrected chi connectivity index (χ3v) is 4.18. The van der Waals surface area contributed by atoms with Crippen LogP contribution in [-0.4, -0.2) is 14.6 Å². The molecule has 0 radical (unpaired) electrons. The first-order chi connectivity index (χ1) is 11.0. The lowest BCUT2D eigenvalue weighted by Gasteiger charge is -2.06. The first-order valence-electron chi connectivity index (χ1n) is 8.21. The minimum atomic E-state index is 0.0159. The van der Waals surface area contributed by atoms with Crippen molar-refractivity contribution in [1.29, 1.82) is 0 Å². The van der Waals surface area contributed by atoms with Crippen molar-refractivity contribution in [3.8, 4) is 11.1 Å². The van der Waals surface area contributed by atoms with Crippen LogP contribution >= 0.6 is 0 Å². The average molecular weight is 309 g/mol. The number of hydrogen-bond donors (Lipinski definition) is 1. The van der Waals surface area contributed by atoms with E-state index in [1.807, 2.05) is 32.0 Å². The molecule has 0 spiro atoms. The van der Waals surface area contributed by atoms with Crippen molar-refractivity contribution in [3.63, 3.8) is 0 Å². The van der Waals surface area contributed by atoms with Crippen molar-refractivity contribution < 1.29 is 0 Å². The number of nitrogens with zero attached hydrogens (tertiary/aromatic N) is 2. The van der Waals surface area contributed by atoms with E-state index in [1.165, 1.54) is 0 Å². The van der Waals surface area contributed by atoms with Crippen molar-refractivity contribution in [2.75, 3.05) is 0 Å². The first-order valence-corrected chi connectivity index (χ1v) is 8.21. The van der Waals surface area contributed by atoms with Crippen LogP contribution in [0, 0.1) is 12.8 Å². The zero-order valence-corrected chi connectivity index (χ0v) is 14.2. The Morgan fingerprint density at radius 3 is 2.52 bits per heavy atom. The normalized spacial score (nSPS) is 11.5. The number of benzene rings is 1. The number of aromatic nitrogens is 3. The van der Waals surface area contributed by atoms with E-state index in [0.29, 0.717) is 12.3 Å². The van der Waals surface area contributed by atoms with Gasteiger partial charge in [-0.3, -0.25) is 9.89 Å². The van der Waals surface area contributed by atoms with Crippen molar-refractivity contribution >= 4 is 5.65 Å². The third-order valence-electron chi connectivity index (χ3n) is 4.18. The van der Waals surface area contributed by atoms with Gasteiger partial charge in [-0.05, 0) is 31.2 Å². The number of fused-ring (bicyclic) bond motifs is 1. The molecule has 2 heterocycles. The third kappa shape index (κ3) is 2.69. The van der Waals surface area contributed by atoms with Crippen molar-refractivity contribution in [3.05, 3.63) is 57.6 Å².